The number of nitrogens with one attached hydrogen (secondary N) is 1. The van der Waals surface area contributed by atoms with Gasteiger partial charge in [-0.25, -0.2) is 12.8 Å². The van der Waals surface area contributed by atoms with Crippen molar-refractivity contribution in [2.24, 2.45) is 5.92 Å². The number of anilines is 1. The number of halogens is 1. The molecular weight excluding hydrogens is 395 g/mol. The van der Waals surface area contributed by atoms with E-state index in [0.717, 1.165) is 12.8 Å². The highest BCUT2D eigenvalue weighted by atomic mass is 32.2. The van der Waals surface area contributed by atoms with Crippen LogP contribution in [0.25, 0.3) is 0 Å². The second-order valence-corrected chi connectivity index (χ2v) is 9.55. The Bertz CT molecular complexity index is 1010. The number of sulfonamides is 1. The van der Waals surface area contributed by atoms with Crippen LogP contribution in [0.15, 0.2) is 29.2 Å². The van der Waals surface area contributed by atoms with Gasteiger partial charge in [0.25, 0.3) is 0 Å². The van der Waals surface area contributed by atoms with Crippen molar-refractivity contribution in [1.29, 1.82) is 0 Å². The van der Waals surface area contributed by atoms with Gasteiger partial charge in [-0.05, 0) is 51.7 Å². The first-order valence-electron chi connectivity index (χ1n) is 9.74. The van der Waals surface area contributed by atoms with E-state index in [-0.39, 0.29) is 10.6 Å². The largest absolute Gasteiger partial charge is 0.322 e. The van der Waals surface area contributed by atoms with E-state index in [1.165, 1.54) is 27.2 Å². The number of hydrogen-bond donors (Lipinski definition) is 1. The number of para-hydroxylation sites is 1. The van der Waals surface area contributed by atoms with Crippen molar-refractivity contribution in [3.8, 4) is 0 Å². The van der Waals surface area contributed by atoms with Crippen LogP contribution in [0, 0.1) is 25.6 Å². The average molecular weight is 423 g/mol. The molecule has 1 amide bonds. The highest BCUT2D eigenvalue weighted by Gasteiger charge is 2.34. The van der Waals surface area contributed by atoms with Gasteiger partial charge in [-0.15, -0.1) is 0 Å². The first kappa shape index (κ1) is 21.4. The Morgan fingerprint density at radius 3 is 2.48 bits per heavy atom. The second-order valence-electron chi connectivity index (χ2n) is 7.68. The standard InChI is InChI=1S/C20H27FN4O3S/c1-13-9-11-24(12-10-13)29(27,28)19-14(2)23-25(15(19)3)16(4)20(26)22-18-8-6-5-7-17(18)21/h5-8,13,16H,9-12H2,1-4H3,(H,22,26)/t16-/m0/s1. The number of piperidine rings is 1. The first-order chi connectivity index (χ1) is 13.6. The lowest BCUT2D eigenvalue weighted by atomic mass is 10.0. The molecular formula is C20H27FN4O3S. The van der Waals surface area contributed by atoms with Crippen molar-refractivity contribution >= 4 is 21.6 Å². The Morgan fingerprint density at radius 1 is 1.24 bits per heavy atom. The molecule has 158 valence electrons. The van der Waals surface area contributed by atoms with Gasteiger partial charge in [-0.1, -0.05) is 19.1 Å². The van der Waals surface area contributed by atoms with Crippen LogP contribution in [-0.4, -0.2) is 41.5 Å². The third-order valence-electron chi connectivity index (χ3n) is 5.48. The van der Waals surface area contributed by atoms with E-state index in [1.54, 1.807) is 26.8 Å². The zero-order valence-electron chi connectivity index (χ0n) is 17.1. The first-order valence-corrected chi connectivity index (χ1v) is 11.2. The van der Waals surface area contributed by atoms with Crippen molar-refractivity contribution < 1.29 is 17.6 Å². The molecule has 29 heavy (non-hydrogen) atoms. The number of carbonyl (C=O) groups excluding carboxylic acids is 1. The van der Waals surface area contributed by atoms with Crippen molar-refractivity contribution in [3.05, 3.63) is 41.5 Å². The molecule has 1 saturated heterocycles. The highest BCUT2D eigenvalue weighted by molar-refractivity contribution is 7.89. The molecule has 9 heteroatoms. The SMILES string of the molecule is Cc1nn([C@@H](C)C(=O)Nc2ccccc2F)c(C)c1S(=O)(=O)N1CCC(C)CC1. The quantitative estimate of drug-likeness (QED) is 0.802. The van der Waals surface area contributed by atoms with Crippen LogP contribution in [0.3, 0.4) is 0 Å². The van der Waals surface area contributed by atoms with E-state index in [4.69, 9.17) is 0 Å². The maximum absolute atomic E-state index is 13.8. The predicted octanol–water partition coefficient (Wildman–Crippen LogP) is 3.26. The van der Waals surface area contributed by atoms with E-state index < -0.39 is 27.8 Å². The highest BCUT2D eigenvalue weighted by Crippen LogP contribution is 2.29. The Morgan fingerprint density at radius 2 is 1.86 bits per heavy atom. The fourth-order valence-electron chi connectivity index (χ4n) is 3.66. The zero-order valence-corrected chi connectivity index (χ0v) is 18.0. The topological polar surface area (TPSA) is 84.3 Å². The summed E-state index contributed by atoms with van der Waals surface area (Å²) in [5.41, 5.74) is 0.824. The summed E-state index contributed by atoms with van der Waals surface area (Å²) < 4.78 is 43.1. The third kappa shape index (κ3) is 4.20. The Balaban J connectivity index is 1.87. The van der Waals surface area contributed by atoms with Gasteiger partial charge >= 0.3 is 0 Å². The molecule has 1 aromatic carbocycles. The van der Waals surface area contributed by atoms with E-state index in [9.17, 15) is 17.6 Å². The number of aromatic nitrogens is 2. The number of benzene rings is 1. The van der Waals surface area contributed by atoms with Gasteiger partial charge in [-0.2, -0.15) is 9.40 Å². The fraction of sp³-hybridized carbons (Fsp3) is 0.500. The number of aryl methyl sites for hydroxylation is 1. The van der Waals surface area contributed by atoms with Crippen molar-refractivity contribution in [2.75, 3.05) is 18.4 Å². The number of rotatable bonds is 5. The van der Waals surface area contributed by atoms with Crippen LogP contribution < -0.4 is 5.32 Å². The molecule has 1 aromatic heterocycles. The van der Waals surface area contributed by atoms with E-state index in [1.807, 2.05) is 0 Å². The molecule has 0 unspecified atom stereocenters. The molecule has 0 radical (unpaired) electrons. The Labute approximate surface area is 171 Å². The van der Waals surface area contributed by atoms with E-state index >= 15 is 0 Å². The molecule has 1 N–H and O–H groups in total. The molecule has 1 atom stereocenters. The van der Waals surface area contributed by atoms with Crippen LogP contribution in [0.4, 0.5) is 10.1 Å². The number of amides is 1. The van der Waals surface area contributed by atoms with Gasteiger partial charge in [0, 0.05) is 13.1 Å². The summed E-state index contributed by atoms with van der Waals surface area (Å²) in [4.78, 5) is 12.8. The lowest BCUT2D eigenvalue weighted by Gasteiger charge is -2.29. The molecule has 1 fully saturated rings. The van der Waals surface area contributed by atoms with Crippen LogP contribution in [0.5, 0.6) is 0 Å². The molecule has 0 saturated carbocycles. The molecule has 7 nitrogen and oxygen atoms in total. The number of carbonyl (C=O) groups is 1. The summed E-state index contributed by atoms with van der Waals surface area (Å²) in [6.45, 7) is 7.97. The molecule has 0 spiro atoms. The molecule has 2 heterocycles. The average Bonchev–Trinajstić information content (AvgIpc) is 2.98. The minimum Gasteiger partial charge on any atom is -0.322 e. The van der Waals surface area contributed by atoms with Crippen molar-refractivity contribution in [3.63, 3.8) is 0 Å². The van der Waals surface area contributed by atoms with Gasteiger partial charge in [0.1, 0.15) is 16.8 Å². The minimum atomic E-state index is -3.69. The second kappa shape index (κ2) is 8.23. The van der Waals surface area contributed by atoms with Crippen LogP contribution in [0.1, 0.15) is 44.1 Å². The van der Waals surface area contributed by atoms with Crippen molar-refractivity contribution in [2.45, 2.75) is 51.5 Å². The fourth-order valence-corrected chi connectivity index (χ4v) is 5.49. The third-order valence-corrected chi connectivity index (χ3v) is 7.63. The van der Waals surface area contributed by atoms with Gasteiger partial charge in [-0.3, -0.25) is 9.48 Å². The maximum atomic E-state index is 13.8. The van der Waals surface area contributed by atoms with Gasteiger partial charge in [0.2, 0.25) is 15.9 Å². The van der Waals surface area contributed by atoms with Gasteiger partial charge in [0.15, 0.2) is 0 Å². The summed E-state index contributed by atoms with van der Waals surface area (Å²) in [5.74, 6) is -0.506. The molecule has 0 bridgehead atoms. The molecule has 0 aliphatic carbocycles. The summed E-state index contributed by atoms with van der Waals surface area (Å²) in [6, 6.07) is 5.07. The summed E-state index contributed by atoms with van der Waals surface area (Å²) >= 11 is 0. The molecule has 3 rings (SSSR count). The molecule has 2 aromatic rings. The summed E-state index contributed by atoms with van der Waals surface area (Å²) in [6.07, 6.45) is 1.65. The predicted molar refractivity (Wildman–Crippen MR) is 109 cm³/mol. The van der Waals surface area contributed by atoms with E-state index in [0.29, 0.717) is 30.4 Å². The Hall–Kier alpha value is -2.26. The molecule has 1 aliphatic rings. The lowest BCUT2D eigenvalue weighted by molar-refractivity contribution is -0.119. The van der Waals surface area contributed by atoms with Crippen LogP contribution in [0.2, 0.25) is 0 Å². The maximum Gasteiger partial charge on any atom is 0.249 e. The van der Waals surface area contributed by atoms with Gasteiger partial charge < -0.3 is 5.32 Å². The minimum absolute atomic E-state index is 0.0705. The zero-order chi connectivity index (χ0) is 21.3. The molecule has 1 aliphatic heterocycles. The lowest BCUT2D eigenvalue weighted by Crippen LogP contribution is -2.38. The van der Waals surface area contributed by atoms with Crippen molar-refractivity contribution in [1.82, 2.24) is 14.1 Å². The summed E-state index contributed by atoms with van der Waals surface area (Å²) in [5, 5.41) is 6.86. The van der Waals surface area contributed by atoms with Crippen LogP contribution in [-0.2, 0) is 14.8 Å². The van der Waals surface area contributed by atoms with Gasteiger partial charge in [0.05, 0.1) is 17.1 Å². The summed E-state index contributed by atoms with van der Waals surface area (Å²) in [7, 11) is -3.69. The number of nitrogens with zero attached hydrogens (tertiary/aromatic N) is 3. The van der Waals surface area contributed by atoms with E-state index in [2.05, 4.69) is 17.3 Å². The smallest absolute Gasteiger partial charge is 0.249 e. The number of hydrogen-bond acceptors (Lipinski definition) is 4. The monoisotopic (exact) mass is 422 g/mol. The Kier molecular flexibility index (Phi) is 6.09. The normalized spacial score (nSPS) is 17.3. The van der Waals surface area contributed by atoms with Crippen LogP contribution >= 0.6 is 0 Å².